The zero-order valence-electron chi connectivity index (χ0n) is 19.2. The maximum absolute atomic E-state index is 13.1. The first-order valence-corrected chi connectivity index (χ1v) is 10.3. The van der Waals surface area contributed by atoms with Crippen LogP contribution in [0.5, 0.6) is 5.75 Å². The van der Waals surface area contributed by atoms with Crippen molar-refractivity contribution in [2.24, 2.45) is 0 Å². The number of rotatable bonds is 7. The summed E-state index contributed by atoms with van der Waals surface area (Å²) in [6, 6.07) is 13.1. The van der Waals surface area contributed by atoms with Crippen LogP contribution in [0.15, 0.2) is 42.5 Å². The Morgan fingerprint density at radius 3 is 2.20 bits per heavy atom. The molecule has 0 bridgehead atoms. The second-order valence-corrected chi connectivity index (χ2v) is 8.96. The molecule has 0 radical (unpaired) electrons. The van der Waals surface area contributed by atoms with E-state index in [1.807, 2.05) is 84.0 Å². The fourth-order valence-electron chi connectivity index (χ4n) is 2.98. The molecule has 30 heavy (non-hydrogen) atoms. The highest BCUT2D eigenvalue weighted by Gasteiger charge is 2.28. The molecule has 2 aromatic rings. The zero-order chi connectivity index (χ0) is 22.5. The van der Waals surface area contributed by atoms with E-state index < -0.39 is 6.04 Å². The summed E-state index contributed by atoms with van der Waals surface area (Å²) in [5.74, 6) is 0.230. The van der Waals surface area contributed by atoms with Gasteiger partial charge in [0.25, 0.3) is 5.91 Å². The van der Waals surface area contributed by atoms with Gasteiger partial charge in [-0.3, -0.25) is 9.59 Å². The topological polar surface area (TPSA) is 58.6 Å². The van der Waals surface area contributed by atoms with Crippen LogP contribution in [-0.4, -0.2) is 34.9 Å². The predicted octanol–water partition coefficient (Wildman–Crippen LogP) is 4.32. The number of amides is 2. The number of aryl methyl sites for hydroxylation is 3. The second kappa shape index (κ2) is 9.79. The van der Waals surface area contributed by atoms with Crippen LogP contribution in [0.25, 0.3) is 0 Å². The molecule has 0 fully saturated rings. The van der Waals surface area contributed by atoms with Crippen molar-refractivity contribution in [1.29, 1.82) is 0 Å². The van der Waals surface area contributed by atoms with Crippen molar-refractivity contribution < 1.29 is 14.3 Å². The lowest BCUT2D eigenvalue weighted by Crippen LogP contribution is -2.53. The Kier molecular flexibility index (Phi) is 7.65. The van der Waals surface area contributed by atoms with Crippen LogP contribution < -0.4 is 10.1 Å². The van der Waals surface area contributed by atoms with Gasteiger partial charge in [-0.2, -0.15) is 0 Å². The molecular formula is C25H34N2O3. The van der Waals surface area contributed by atoms with Crippen molar-refractivity contribution in [3.8, 4) is 5.75 Å². The molecule has 0 saturated carbocycles. The van der Waals surface area contributed by atoms with E-state index in [1.54, 1.807) is 11.8 Å². The molecular weight excluding hydrogens is 376 g/mol. The van der Waals surface area contributed by atoms with Crippen LogP contribution in [0.2, 0.25) is 0 Å². The van der Waals surface area contributed by atoms with Crippen LogP contribution in [0.1, 0.15) is 49.9 Å². The summed E-state index contributed by atoms with van der Waals surface area (Å²) in [5.41, 5.74) is 4.01. The highest BCUT2D eigenvalue weighted by atomic mass is 16.5. The summed E-state index contributed by atoms with van der Waals surface area (Å²) in [6.45, 7) is 13.8. The van der Waals surface area contributed by atoms with E-state index in [4.69, 9.17) is 4.74 Å². The van der Waals surface area contributed by atoms with E-state index in [9.17, 15) is 9.59 Å². The van der Waals surface area contributed by atoms with E-state index in [0.29, 0.717) is 12.3 Å². The summed E-state index contributed by atoms with van der Waals surface area (Å²) in [5, 5.41) is 2.96. The molecule has 0 aliphatic rings. The van der Waals surface area contributed by atoms with E-state index >= 15 is 0 Å². The number of carbonyl (C=O) groups is 2. The predicted molar refractivity (Wildman–Crippen MR) is 120 cm³/mol. The number of carbonyl (C=O) groups excluding carboxylic acids is 2. The summed E-state index contributed by atoms with van der Waals surface area (Å²) >= 11 is 0. The minimum atomic E-state index is -0.624. The lowest BCUT2D eigenvalue weighted by Gasteiger charge is -2.31. The van der Waals surface area contributed by atoms with Crippen LogP contribution in [0.3, 0.4) is 0 Å². The van der Waals surface area contributed by atoms with Gasteiger partial charge in [0.05, 0.1) is 0 Å². The molecule has 0 saturated heterocycles. The monoisotopic (exact) mass is 410 g/mol. The van der Waals surface area contributed by atoms with Gasteiger partial charge >= 0.3 is 0 Å². The number of ether oxygens (including phenoxy) is 1. The zero-order valence-corrected chi connectivity index (χ0v) is 19.2. The molecule has 0 aliphatic heterocycles. The van der Waals surface area contributed by atoms with Crippen molar-refractivity contribution in [2.45, 2.75) is 66.6 Å². The lowest BCUT2D eigenvalue weighted by atomic mass is 10.1. The van der Waals surface area contributed by atoms with Gasteiger partial charge in [-0.1, -0.05) is 35.9 Å². The van der Waals surface area contributed by atoms with Gasteiger partial charge in [0.15, 0.2) is 6.61 Å². The SMILES string of the molecule is Cc1ccc(CN(C(=O)COc2ccc(C)c(C)c2)[C@H](C)C(=O)NC(C)(C)C)cc1. The third-order valence-corrected chi connectivity index (χ3v) is 4.98. The van der Waals surface area contributed by atoms with Gasteiger partial charge in [-0.05, 0) is 77.3 Å². The molecule has 0 aliphatic carbocycles. The molecule has 5 heteroatoms. The Labute approximate surface area is 180 Å². The standard InChI is InChI=1S/C25H34N2O3/c1-17-8-11-21(12-9-17)15-27(20(4)24(29)26-25(5,6)7)23(28)16-30-22-13-10-18(2)19(3)14-22/h8-14,20H,15-16H2,1-7H3,(H,26,29)/t20-/m1/s1. The number of nitrogens with zero attached hydrogens (tertiary/aromatic N) is 1. The number of hydrogen-bond acceptors (Lipinski definition) is 3. The van der Waals surface area contributed by atoms with Gasteiger partial charge in [-0.15, -0.1) is 0 Å². The average Bonchev–Trinajstić information content (AvgIpc) is 2.66. The van der Waals surface area contributed by atoms with Crippen molar-refractivity contribution in [1.82, 2.24) is 10.2 Å². The number of hydrogen-bond donors (Lipinski definition) is 1. The van der Waals surface area contributed by atoms with E-state index in [0.717, 1.165) is 16.7 Å². The summed E-state index contributed by atoms with van der Waals surface area (Å²) in [6.07, 6.45) is 0. The first-order chi connectivity index (χ1) is 14.0. The van der Waals surface area contributed by atoms with Crippen molar-refractivity contribution in [3.63, 3.8) is 0 Å². The largest absolute Gasteiger partial charge is 0.484 e. The minimum absolute atomic E-state index is 0.124. The van der Waals surface area contributed by atoms with Gasteiger partial charge in [0.2, 0.25) is 5.91 Å². The molecule has 0 unspecified atom stereocenters. The quantitative estimate of drug-likeness (QED) is 0.739. The Bertz CT molecular complexity index is 882. The van der Waals surface area contributed by atoms with E-state index in [-0.39, 0.29) is 24.0 Å². The van der Waals surface area contributed by atoms with Gasteiger partial charge in [0, 0.05) is 12.1 Å². The summed E-state index contributed by atoms with van der Waals surface area (Å²) < 4.78 is 5.75. The van der Waals surface area contributed by atoms with Crippen molar-refractivity contribution in [3.05, 3.63) is 64.7 Å². The molecule has 2 amide bonds. The van der Waals surface area contributed by atoms with Crippen LogP contribution in [0, 0.1) is 20.8 Å². The smallest absolute Gasteiger partial charge is 0.261 e. The fraction of sp³-hybridized carbons (Fsp3) is 0.440. The normalized spacial score (nSPS) is 12.2. The second-order valence-electron chi connectivity index (χ2n) is 8.96. The molecule has 5 nitrogen and oxygen atoms in total. The number of benzene rings is 2. The maximum Gasteiger partial charge on any atom is 0.261 e. The van der Waals surface area contributed by atoms with Crippen LogP contribution in [0.4, 0.5) is 0 Å². The Balaban J connectivity index is 2.17. The van der Waals surface area contributed by atoms with Crippen molar-refractivity contribution >= 4 is 11.8 Å². The van der Waals surface area contributed by atoms with E-state index in [2.05, 4.69) is 5.32 Å². The highest BCUT2D eigenvalue weighted by Crippen LogP contribution is 2.17. The molecule has 162 valence electrons. The van der Waals surface area contributed by atoms with Gasteiger partial charge in [-0.25, -0.2) is 0 Å². The van der Waals surface area contributed by atoms with Gasteiger partial charge < -0.3 is 15.0 Å². The minimum Gasteiger partial charge on any atom is -0.484 e. The van der Waals surface area contributed by atoms with Crippen molar-refractivity contribution in [2.75, 3.05) is 6.61 Å². The fourth-order valence-corrected chi connectivity index (χ4v) is 2.98. The number of nitrogens with one attached hydrogen (secondary N) is 1. The highest BCUT2D eigenvalue weighted by molar-refractivity contribution is 5.88. The van der Waals surface area contributed by atoms with Crippen LogP contribution >= 0.6 is 0 Å². The molecule has 0 aromatic heterocycles. The maximum atomic E-state index is 13.1. The Hall–Kier alpha value is -2.82. The summed E-state index contributed by atoms with van der Waals surface area (Å²) in [4.78, 5) is 27.4. The third kappa shape index (κ3) is 6.90. The molecule has 2 aromatic carbocycles. The molecule has 0 heterocycles. The van der Waals surface area contributed by atoms with Gasteiger partial charge in [0.1, 0.15) is 11.8 Å². The third-order valence-electron chi connectivity index (χ3n) is 4.98. The first-order valence-electron chi connectivity index (χ1n) is 10.3. The molecule has 1 atom stereocenters. The molecule has 0 spiro atoms. The first kappa shape index (κ1) is 23.5. The van der Waals surface area contributed by atoms with E-state index in [1.165, 1.54) is 5.56 Å². The molecule has 1 N–H and O–H groups in total. The Morgan fingerprint density at radius 2 is 1.63 bits per heavy atom. The average molecular weight is 411 g/mol. The Morgan fingerprint density at radius 1 is 1.00 bits per heavy atom. The van der Waals surface area contributed by atoms with Crippen LogP contribution in [-0.2, 0) is 16.1 Å². The molecule has 2 rings (SSSR count). The summed E-state index contributed by atoms with van der Waals surface area (Å²) in [7, 11) is 0. The lowest BCUT2D eigenvalue weighted by molar-refractivity contribution is -0.142.